The van der Waals surface area contributed by atoms with E-state index in [2.05, 4.69) is 30.4 Å². The van der Waals surface area contributed by atoms with Crippen molar-refractivity contribution in [2.24, 2.45) is 5.41 Å². The monoisotopic (exact) mass is 433 g/mol. The first-order valence-corrected chi connectivity index (χ1v) is 11.8. The van der Waals surface area contributed by atoms with Gasteiger partial charge in [-0.25, -0.2) is 13.1 Å². The van der Waals surface area contributed by atoms with E-state index < -0.39 is 10.0 Å². The molecule has 0 saturated carbocycles. The van der Waals surface area contributed by atoms with Crippen molar-refractivity contribution in [3.63, 3.8) is 0 Å². The van der Waals surface area contributed by atoms with Crippen molar-refractivity contribution in [2.45, 2.75) is 38.6 Å². The first kappa shape index (κ1) is 22.5. The predicted octanol–water partition coefficient (Wildman–Crippen LogP) is 2.95. The molecule has 0 atom stereocenters. The van der Waals surface area contributed by atoms with Crippen LogP contribution in [0.15, 0.2) is 52.0 Å². The highest BCUT2D eigenvalue weighted by Crippen LogP contribution is 2.20. The van der Waals surface area contributed by atoms with Crippen LogP contribution in [-0.4, -0.2) is 56.8 Å². The molecule has 1 N–H and O–H groups in total. The summed E-state index contributed by atoms with van der Waals surface area (Å²) >= 11 is 0. The first-order valence-electron chi connectivity index (χ1n) is 10.3. The molecule has 1 amide bonds. The van der Waals surface area contributed by atoms with E-state index in [0.717, 1.165) is 26.1 Å². The average molecular weight is 434 g/mol. The lowest BCUT2D eigenvalue weighted by Crippen LogP contribution is -2.49. The summed E-state index contributed by atoms with van der Waals surface area (Å²) in [6.07, 6.45) is 2.62. The molecule has 1 aliphatic rings. The summed E-state index contributed by atoms with van der Waals surface area (Å²) in [6, 6.07) is 9.50. The van der Waals surface area contributed by atoms with Gasteiger partial charge in [0.05, 0.1) is 17.7 Å². The topological polar surface area (TPSA) is 82.9 Å². The fourth-order valence-corrected chi connectivity index (χ4v) is 4.28. The number of benzene rings is 1. The van der Waals surface area contributed by atoms with E-state index in [-0.39, 0.29) is 17.3 Å². The Hall–Kier alpha value is -2.16. The van der Waals surface area contributed by atoms with Crippen LogP contribution >= 0.6 is 0 Å². The molecule has 2 heterocycles. The lowest BCUT2D eigenvalue weighted by atomic mass is 9.92. The lowest BCUT2D eigenvalue weighted by Gasteiger charge is -2.36. The smallest absolute Gasteiger partial charge is 0.253 e. The molecule has 30 heavy (non-hydrogen) atoms. The fraction of sp³-hybridized carbons (Fsp3) is 0.500. The van der Waals surface area contributed by atoms with Crippen molar-refractivity contribution in [1.29, 1.82) is 0 Å². The molecular formula is C22H31N3O4S. The number of rotatable bonds is 7. The number of furan rings is 1. The minimum absolute atomic E-state index is 0.0574. The average Bonchev–Trinajstić information content (AvgIpc) is 3.24. The Balaban J connectivity index is 1.54. The van der Waals surface area contributed by atoms with E-state index >= 15 is 0 Å². The van der Waals surface area contributed by atoms with Crippen LogP contribution in [-0.2, 0) is 16.6 Å². The number of amides is 1. The normalized spacial score (nSPS) is 16.0. The van der Waals surface area contributed by atoms with E-state index in [1.54, 1.807) is 24.3 Å². The van der Waals surface area contributed by atoms with Crippen molar-refractivity contribution in [1.82, 2.24) is 14.5 Å². The maximum Gasteiger partial charge on any atom is 0.253 e. The SMILES string of the molecule is CC(C)(C)CCN1CCN(C(=O)c2ccc(S(=O)(=O)NCc3ccco3)cc2)CC1. The van der Waals surface area contributed by atoms with Gasteiger partial charge in [-0.15, -0.1) is 0 Å². The van der Waals surface area contributed by atoms with Gasteiger partial charge >= 0.3 is 0 Å². The van der Waals surface area contributed by atoms with Gasteiger partial charge in [-0.05, 0) is 54.8 Å². The van der Waals surface area contributed by atoms with Gasteiger partial charge < -0.3 is 9.32 Å². The highest BCUT2D eigenvalue weighted by atomic mass is 32.2. The molecular weight excluding hydrogens is 402 g/mol. The molecule has 1 aliphatic heterocycles. The molecule has 164 valence electrons. The molecule has 2 aromatic rings. The van der Waals surface area contributed by atoms with Gasteiger partial charge in [0.2, 0.25) is 10.0 Å². The molecule has 8 heteroatoms. The Morgan fingerprint density at radius 3 is 2.30 bits per heavy atom. The van der Waals surface area contributed by atoms with Crippen molar-refractivity contribution in [3.8, 4) is 0 Å². The molecule has 1 fully saturated rings. The summed E-state index contributed by atoms with van der Waals surface area (Å²) in [4.78, 5) is 17.2. The molecule has 1 aromatic heterocycles. The minimum atomic E-state index is -3.67. The Bertz CT molecular complexity index is 924. The third-order valence-corrected chi connectivity index (χ3v) is 6.68. The molecule has 3 rings (SSSR count). The third kappa shape index (κ3) is 6.17. The summed E-state index contributed by atoms with van der Waals surface area (Å²) < 4.78 is 32.5. The van der Waals surface area contributed by atoms with Gasteiger partial charge in [-0.1, -0.05) is 20.8 Å². The molecule has 7 nitrogen and oxygen atoms in total. The van der Waals surface area contributed by atoms with Crippen molar-refractivity contribution in [2.75, 3.05) is 32.7 Å². The minimum Gasteiger partial charge on any atom is -0.468 e. The van der Waals surface area contributed by atoms with Crippen LogP contribution in [0.4, 0.5) is 0 Å². The van der Waals surface area contributed by atoms with Crippen LogP contribution in [0.1, 0.15) is 43.3 Å². The number of nitrogens with zero attached hydrogens (tertiary/aromatic N) is 2. The zero-order valence-electron chi connectivity index (χ0n) is 17.9. The van der Waals surface area contributed by atoms with Crippen LogP contribution in [0.25, 0.3) is 0 Å². The van der Waals surface area contributed by atoms with Crippen molar-refractivity contribution in [3.05, 3.63) is 54.0 Å². The van der Waals surface area contributed by atoms with Gasteiger partial charge in [0.1, 0.15) is 5.76 Å². The quantitative estimate of drug-likeness (QED) is 0.726. The van der Waals surface area contributed by atoms with Crippen molar-refractivity contribution < 1.29 is 17.6 Å². The molecule has 0 unspecified atom stereocenters. The van der Waals surface area contributed by atoms with E-state index in [1.165, 1.54) is 18.4 Å². The van der Waals surface area contributed by atoms with Gasteiger partial charge in [0.25, 0.3) is 5.91 Å². The van der Waals surface area contributed by atoms with Crippen LogP contribution in [0.2, 0.25) is 0 Å². The number of nitrogens with one attached hydrogen (secondary N) is 1. The van der Waals surface area contributed by atoms with Crippen LogP contribution in [0.5, 0.6) is 0 Å². The predicted molar refractivity (Wildman–Crippen MR) is 116 cm³/mol. The summed E-state index contributed by atoms with van der Waals surface area (Å²) in [6.45, 7) is 10.9. The molecule has 1 saturated heterocycles. The molecule has 1 aromatic carbocycles. The number of hydrogen-bond acceptors (Lipinski definition) is 5. The Morgan fingerprint density at radius 1 is 1.07 bits per heavy atom. The van der Waals surface area contributed by atoms with Crippen LogP contribution in [0.3, 0.4) is 0 Å². The third-order valence-electron chi connectivity index (χ3n) is 5.27. The van der Waals surface area contributed by atoms with Gasteiger partial charge in [0.15, 0.2) is 0 Å². The van der Waals surface area contributed by atoms with Gasteiger partial charge in [-0.2, -0.15) is 0 Å². The zero-order valence-corrected chi connectivity index (χ0v) is 18.7. The number of carbonyl (C=O) groups excluding carboxylic acids is 1. The molecule has 0 spiro atoms. The molecule has 0 radical (unpaired) electrons. The Labute approximate surface area is 179 Å². The number of carbonyl (C=O) groups is 1. The second-order valence-corrected chi connectivity index (χ2v) is 10.6. The Kier molecular flexibility index (Phi) is 7.00. The van der Waals surface area contributed by atoms with Crippen molar-refractivity contribution >= 4 is 15.9 Å². The van der Waals surface area contributed by atoms with Gasteiger partial charge in [0, 0.05) is 31.7 Å². The summed E-state index contributed by atoms with van der Waals surface area (Å²) in [5, 5.41) is 0. The highest BCUT2D eigenvalue weighted by molar-refractivity contribution is 7.89. The second-order valence-electron chi connectivity index (χ2n) is 8.87. The number of sulfonamides is 1. The summed E-state index contributed by atoms with van der Waals surface area (Å²) in [5.74, 6) is 0.477. The number of hydrogen-bond donors (Lipinski definition) is 1. The summed E-state index contributed by atoms with van der Waals surface area (Å²) in [5.41, 5.74) is 0.810. The van der Waals surface area contributed by atoms with E-state index in [4.69, 9.17) is 4.42 Å². The van der Waals surface area contributed by atoms with E-state index in [1.807, 2.05) is 4.90 Å². The number of piperazine rings is 1. The lowest BCUT2D eigenvalue weighted by molar-refractivity contribution is 0.0623. The highest BCUT2D eigenvalue weighted by Gasteiger charge is 2.23. The van der Waals surface area contributed by atoms with Crippen LogP contribution in [0, 0.1) is 5.41 Å². The van der Waals surface area contributed by atoms with Gasteiger partial charge in [-0.3, -0.25) is 9.69 Å². The summed E-state index contributed by atoms with van der Waals surface area (Å²) in [7, 11) is -3.67. The maximum absolute atomic E-state index is 12.8. The second kappa shape index (κ2) is 9.32. The zero-order chi connectivity index (χ0) is 21.8. The Morgan fingerprint density at radius 2 is 1.73 bits per heavy atom. The maximum atomic E-state index is 12.8. The van der Waals surface area contributed by atoms with Crippen LogP contribution < -0.4 is 4.72 Å². The van der Waals surface area contributed by atoms with E-state index in [0.29, 0.717) is 29.8 Å². The molecule has 0 bridgehead atoms. The fourth-order valence-electron chi connectivity index (χ4n) is 3.29. The first-order chi connectivity index (χ1) is 14.1. The molecule has 0 aliphatic carbocycles. The largest absolute Gasteiger partial charge is 0.468 e. The van der Waals surface area contributed by atoms with E-state index in [9.17, 15) is 13.2 Å². The standard InChI is InChI=1S/C22H31N3O4S/c1-22(2,3)10-11-24-12-14-25(15-13-24)21(26)18-6-8-20(9-7-18)30(27,28)23-17-19-5-4-16-29-19/h4-9,16,23H,10-15,17H2,1-3H3.